The summed E-state index contributed by atoms with van der Waals surface area (Å²) in [5.74, 6) is 3.31. The van der Waals surface area contributed by atoms with E-state index >= 15 is 0 Å². The lowest BCUT2D eigenvalue weighted by Gasteiger charge is -2.20. The summed E-state index contributed by atoms with van der Waals surface area (Å²) in [5.41, 5.74) is 5.38. The van der Waals surface area contributed by atoms with E-state index in [0.717, 1.165) is 32.4 Å². The SMILES string of the molecule is NCCCCNC(=O)CC1CCSCC1. The molecule has 1 heterocycles. The molecule has 0 aromatic carbocycles. The summed E-state index contributed by atoms with van der Waals surface area (Å²) >= 11 is 2.00. The number of thioether (sulfide) groups is 1. The van der Waals surface area contributed by atoms with Crippen LogP contribution in [-0.2, 0) is 4.79 Å². The summed E-state index contributed by atoms with van der Waals surface area (Å²) in [6.07, 6.45) is 5.15. The Morgan fingerprint density at radius 3 is 2.73 bits per heavy atom. The Morgan fingerprint density at radius 2 is 2.07 bits per heavy atom. The molecule has 0 aromatic rings. The summed E-state index contributed by atoms with van der Waals surface area (Å²) in [7, 11) is 0. The van der Waals surface area contributed by atoms with Crippen LogP contribution in [0.1, 0.15) is 32.1 Å². The molecule has 0 aliphatic carbocycles. The first-order valence-electron chi connectivity index (χ1n) is 5.87. The Kier molecular flexibility index (Phi) is 6.85. The van der Waals surface area contributed by atoms with Crippen LogP contribution in [-0.4, -0.2) is 30.5 Å². The number of hydrogen-bond acceptors (Lipinski definition) is 3. The molecule has 3 N–H and O–H groups in total. The van der Waals surface area contributed by atoms with Crippen molar-refractivity contribution in [2.45, 2.75) is 32.1 Å². The normalized spacial score (nSPS) is 17.7. The lowest BCUT2D eigenvalue weighted by molar-refractivity contribution is -0.122. The van der Waals surface area contributed by atoms with Crippen molar-refractivity contribution in [3.63, 3.8) is 0 Å². The fraction of sp³-hybridized carbons (Fsp3) is 0.909. The summed E-state index contributed by atoms with van der Waals surface area (Å²) in [5, 5.41) is 2.96. The molecule has 0 aromatic heterocycles. The quantitative estimate of drug-likeness (QED) is 0.678. The lowest BCUT2D eigenvalue weighted by Crippen LogP contribution is -2.28. The Bertz CT molecular complexity index is 181. The third-order valence-electron chi connectivity index (χ3n) is 2.77. The van der Waals surface area contributed by atoms with Crippen LogP contribution in [0.3, 0.4) is 0 Å². The van der Waals surface area contributed by atoms with Gasteiger partial charge in [0.2, 0.25) is 5.91 Å². The van der Waals surface area contributed by atoms with Crippen molar-refractivity contribution in [3.8, 4) is 0 Å². The van der Waals surface area contributed by atoms with Gasteiger partial charge in [0.1, 0.15) is 0 Å². The number of nitrogens with two attached hydrogens (primary N) is 1. The van der Waals surface area contributed by atoms with E-state index in [9.17, 15) is 4.79 Å². The molecule has 15 heavy (non-hydrogen) atoms. The molecule has 0 saturated carbocycles. The molecule has 3 nitrogen and oxygen atoms in total. The molecule has 0 unspecified atom stereocenters. The van der Waals surface area contributed by atoms with Crippen LogP contribution in [0.2, 0.25) is 0 Å². The Labute approximate surface area is 96.6 Å². The predicted octanol–water partition coefficient (Wildman–Crippen LogP) is 1.37. The zero-order valence-electron chi connectivity index (χ0n) is 9.34. The van der Waals surface area contributed by atoms with Gasteiger partial charge in [0.15, 0.2) is 0 Å². The van der Waals surface area contributed by atoms with E-state index in [-0.39, 0.29) is 5.91 Å². The molecule has 0 atom stereocenters. The van der Waals surface area contributed by atoms with Gasteiger partial charge in [-0.15, -0.1) is 0 Å². The van der Waals surface area contributed by atoms with Crippen LogP contribution >= 0.6 is 11.8 Å². The van der Waals surface area contributed by atoms with Crippen LogP contribution in [0.4, 0.5) is 0 Å². The number of nitrogens with one attached hydrogen (secondary N) is 1. The Balaban J connectivity index is 2.01. The second-order valence-corrected chi connectivity index (χ2v) is 5.33. The van der Waals surface area contributed by atoms with Gasteiger partial charge in [-0.05, 0) is 49.7 Å². The Hall–Kier alpha value is -0.220. The largest absolute Gasteiger partial charge is 0.356 e. The minimum absolute atomic E-state index is 0.226. The predicted molar refractivity (Wildman–Crippen MR) is 66.0 cm³/mol. The topological polar surface area (TPSA) is 55.1 Å². The highest BCUT2D eigenvalue weighted by Gasteiger charge is 2.16. The van der Waals surface area contributed by atoms with Gasteiger partial charge in [0.25, 0.3) is 0 Å². The average Bonchev–Trinajstić information content (AvgIpc) is 2.26. The maximum atomic E-state index is 11.5. The molecule has 1 saturated heterocycles. The second-order valence-electron chi connectivity index (χ2n) is 4.11. The van der Waals surface area contributed by atoms with Gasteiger partial charge < -0.3 is 11.1 Å². The number of carbonyl (C=O) groups is 1. The molecule has 0 radical (unpaired) electrons. The average molecular weight is 230 g/mol. The van der Waals surface area contributed by atoms with Crippen LogP contribution in [0.5, 0.6) is 0 Å². The van der Waals surface area contributed by atoms with Crippen molar-refractivity contribution < 1.29 is 4.79 Å². The molecule has 1 rings (SSSR count). The first kappa shape index (κ1) is 12.8. The number of amides is 1. The molecule has 1 aliphatic heterocycles. The minimum atomic E-state index is 0.226. The van der Waals surface area contributed by atoms with Gasteiger partial charge in [-0.3, -0.25) is 4.79 Å². The van der Waals surface area contributed by atoms with Gasteiger partial charge in [-0.2, -0.15) is 11.8 Å². The van der Waals surface area contributed by atoms with Crippen molar-refractivity contribution >= 4 is 17.7 Å². The first-order chi connectivity index (χ1) is 7.33. The number of unbranched alkanes of at least 4 members (excludes halogenated alkanes) is 1. The standard InChI is InChI=1S/C11H22N2OS/c12-5-1-2-6-13-11(14)9-10-3-7-15-8-4-10/h10H,1-9,12H2,(H,13,14). The number of rotatable bonds is 6. The van der Waals surface area contributed by atoms with Gasteiger partial charge in [0.05, 0.1) is 0 Å². The monoisotopic (exact) mass is 230 g/mol. The van der Waals surface area contributed by atoms with Crippen molar-refractivity contribution in [1.29, 1.82) is 0 Å². The first-order valence-corrected chi connectivity index (χ1v) is 7.03. The second kappa shape index (κ2) is 7.99. The van der Waals surface area contributed by atoms with Crippen LogP contribution < -0.4 is 11.1 Å². The number of carbonyl (C=O) groups excluding carboxylic acids is 1. The summed E-state index contributed by atoms with van der Waals surface area (Å²) in [6.45, 7) is 1.51. The van der Waals surface area contributed by atoms with Gasteiger partial charge >= 0.3 is 0 Å². The summed E-state index contributed by atoms with van der Waals surface area (Å²) in [6, 6.07) is 0. The van der Waals surface area contributed by atoms with Crippen LogP contribution in [0, 0.1) is 5.92 Å². The number of hydrogen-bond donors (Lipinski definition) is 2. The third kappa shape index (κ3) is 6.05. The molecule has 1 aliphatic rings. The van der Waals surface area contributed by atoms with Crippen molar-refractivity contribution in [3.05, 3.63) is 0 Å². The van der Waals surface area contributed by atoms with Gasteiger partial charge in [-0.25, -0.2) is 0 Å². The molecular formula is C11H22N2OS. The van der Waals surface area contributed by atoms with Crippen molar-refractivity contribution in [2.75, 3.05) is 24.6 Å². The van der Waals surface area contributed by atoms with E-state index in [4.69, 9.17) is 5.73 Å². The minimum Gasteiger partial charge on any atom is -0.356 e. The van der Waals surface area contributed by atoms with Gasteiger partial charge in [-0.1, -0.05) is 0 Å². The fourth-order valence-electron chi connectivity index (χ4n) is 1.78. The third-order valence-corrected chi connectivity index (χ3v) is 3.82. The van der Waals surface area contributed by atoms with E-state index in [0.29, 0.717) is 5.92 Å². The van der Waals surface area contributed by atoms with E-state index in [2.05, 4.69) is 5.32 Å². The highest BCUT2D eigenvalue weighted by Crippen LogP contribution is 2.24. The lowest BCUT2D eigenvalue weighted by atomic mass is 9.98. The smallest absolute Gasteiger partial charge is 0.220 e. The zero-order chi connectivity index (χ0) is 10.9. The molecule has 0 spiro atoms. The van der Waals surface area contributed by atoms with E-state index in [1.807, 2.05) is 11.8 Å². The van der Waals surface area contributed by atoms with Gasteiger partial charge in [0, 0.05) is 13.0 Å². The molecule has 1 amide bonds. The zero-order valence-corrected chi connectivity index (χ0v) is 10.2. The van der Waals surface area contributed by atoms with Crippen LogP contribution in [0.15, 0.2) is 0 Å². The molecule has 88 valence electrons. The maximum absolute atomic E-state index is 11.5. The molecule has 1 fully saturated rings. The highest BCUT2D eigenvalue weighted by atomic mass is 32.2. The van der Waals surface area contributed by atoms with Crippen LogP contribution in [0.25, 0.3) is 0 Å². The molecular weight excluding hydrogens is 208 g/mol. The summed E-state index contributed by atoms with van der Waals surface area (Å²) < 4.78 is 0. The fourth-order valence-corrected chi connectivity index (χ4v) is 2.99. The molecule has 4 heteroatoms. The van der Waals surface area contributed by atoms with E-state index in [1.165, 1.54) is 24.3 Å². The van der Waals surface area contributed by atoms with E-state index < -0.39 is 0 Å². The van der Waals surface area contributed by atoms with Crippen molar-refractivity contribution in [1.82, 2.24) is 5.32 Å². The Morgan fingerprint density at radius 1 is 1.33 bits per heavy atom. The van der Waals surface area contributed by atoms with E-state index in [1.54, 1.807) is 0 Å². The summed E-state index contributed by atoms with van der Waals surface area (Å²) in [4.78, 5) is 11.5. The highest BCUT2D eigenvalue weighted by molar-refractivity contribution is 7.99. The maximum Gasteiger partial charge on any atom is 0.220 e. The van der Waals surface area contributed by atoms with Crippen molar-refractivity contribution in [2.24, 2.45) is 11.7 Å². The molecule has 0 bridgehead atoms.